The van der Waals surface area contributed by atoms with Crippen LogP contribution >= 0.6 is 0 Å². The van der Waals surface area contributed by atoms with Gasteiger partial charge in [-0.05, 0) is 37.0 Å². The second-order valence-corrected chi connectivity index (χ2v) is 4.98. The molecule has 20 heavy (non-hydrogen) atoms. The lowest BCUT2D eigenvalue weighted by atomic mass is 10.0. The lowest BCUT2D eigenvalue weighted by Gasteiger charge is -2.33. The van der Waals surface area contributed by atoms with Crippen LogP contribution in [-0.4, -0.2) is 41.6 Å². The fourth-order valence-corrected chi connectivity index (χ4v) is 2.51. The van der Waals surface area contributed by atoms with E-state index in [4.69, 9.17) is 4.74 Å². The largest absolute Gasteiger partial charge is 0.480 e. The minimum Gasteiger partial charge on any atom is -0.480 e. The molecule has 1 fully saturated rings. The molecule has 1 N–H and O–H groups in total. The van der Waals surface area contributed by atoms with E-state index in [1.165, 1.54) is 4.90 Å². The summed E-state index contributed by atoms with van der Waals surface area (Å²) in [6.07, 6.45) is 2.24. The summed E-state index contributed by atoms with van der Waals surface area (Å²) in [5.41, 5.74) is 1.51. The Morgan fingerprint density at radius 3 is 2.60 bits per heavy atom. The van der Waals surface area contributed by atoms with Gasteiger partial charge in [-0.2, -0.15) is 0 Å². The van der Waals surface area contributed by atoms with Gasteiger partial charge in [-0.25, -0.2) is 4.79 Å². The second-order valence-electron chi connectivity index (χ2n) is 4.98. The number of likely N-dealkylation sites (tertiary alicyclic amines) is 1. The van der Waals surface area contributed by atoms with Crippen molar-refractivity contribution in [2.75, 3.05) is 13.7 Å². The molecule has 1 aliphatic heterocycles. The van der Waals surface area contributed by atoms with Crippen LogP contribution in [0, 0.1) is 0 Å². The molecule has 1 atom stereocenters. The highest BCUT2D eigenvalue weighted by molar-refractivity contribution is 5.96. The SMILES string of the molecule is COCc1ccc(C(=O)N2CCCCC2C(=O)O)cc1. The van der Waals surface area contributed by atoms with Crippen molar-refractivity contribution in [3.05, 3.63) is 35.4 Å². The van der Waals surface area contributed by atoms with Crippen LogP contribution in [-0.2, 0) is 16.1 Å². The van der Waals surface area contributed by atoms with Gasteiger partial charge in [0, 0.05) is 19.2 Å². The molecule has 0 aliphatic carbocycles. The highest BCUT2D eigenvalue weighted by Crippen LogP contribution is 2.20. The van der Waals surface area contributed by atoms with Gasteiger partial charge in [0.2, 0.25) is 0 Å². The predicted octanol–water partition coefficient (Wildman–Crippen LogP) is 1.91. The first-order chi connectivity index (χ1) is 9.63. The highest BCUT2D eigenvalue weighted by Gasteiger charge is 2.32. The summed E-state index contributed by atoms with van der Waals surface area (Å²) in [5.74, 6) is -1.13. The number of carbonyl (C=O) groups is 2. The number of hydrogen-bond acceptors (Lipinski definition) is 3. The summed E-state index contributed by atoms with van der Waals surface area (Å²) >= 11 is 0. The van der Waals surface area contributed by atoms with E-state index in [2.05, 4.69) is 0 Å². The summed E-state index contributed by atoms with van der Waals surface area (Å²) in [6.45, 7) is 1.01. The molecular formula is C15H19NO4. The number of rotatable bonds is 4. The van der Waals surface area contributed by atoms with Crippen molar-refractivity contribution in [1.82, 2.24) is 4.90 Å². The van der Waals surface area contributed by atoms with Crippen molar-refractivity contribution < 1.29 is 19.4 Å². The number of carbonyl (C=O) groups excluding carboxylic acids is 1. The van der Waals surface area contributed by atoms with Crippen LogP contribution in [0.25, 0.3) is 0 Å². The maximum Gasteiger partial charge on any atom is 0.326 e. The number of hydrogen-bond donors (Lipinski definition) is 1. The number of aliphatic carboxylic acids is 1. The molecule has 1 aromatic rings. The van der Waals surface area contributed by atoms with Crippen molar-refractivity contribution in [1.29, 1.82) is 0 Å². The number of carboxylic acids is 1. The van der Waals surface area contributed by atoms with E-state index in [-0.39, 0.29) is 5.91 Å². The molecule has 1 aromatic carbocycles. The van der Waals surface area contributed by atoms with E-state index >= 15 is 0 Å². The molecule has 5 nitrogen and oxygen atoms in total. The molecule has 0 saturated carbocycles. The summed E-state index contributed by atoms with van der Waals surface area (Å²) in [5, 5.41) is 9.21. The standard InChI is InChI=1S/C15H19NO4/c1-20-10-11-5-7-12(8-6-11)14(17)16-9-3-2-4-13(16)15(18)19/h5-8,13H,2-4,9-10H2,1H3,(H,18,19). The third-order valence-electron chi connectivity index (χ3n) is 3.56. The summed E-state index contributed by atoms with van der Waals surface area (Å²) in [6, 6.07) is 6.41. The van der Waals surface area contributed by atoms with E-state index < -0.39 is 12.0 Å². The Hall–Kier alpha value is -1.88. The lowest BCUT2D eigenvalue weighted by Crippen LogP contribution is -2.47. The Labute approximate surface area is 118 Å². The molecule has 0 bridgehead atoms. The van der Waals surface area contributed by atoms with E-state index in [0.717, 1.165) is 18.4 Å². The molecule has 1 heterocycles. The van der Waals surface area contributed by atoms with Crippen molar-refractivity contribution in [2.45, 2.75) is 31.9 Å². The van der Waals surface area contributed by atoms with Crippen LogP contribution in [0.15, 0.2) is 24.3 Å². The molecule has 2 rings (SSSR count). The molecule has 1 unspecified atom stereocenters. The number of carboxylic acid groups (broad SMARTS) is 1. The Morgan fingerprint density at radius 2 is 2.00 bits per heavy atom. The third kappa shape index (κ3) is 3.17. The maximum atomic E-state index is 12.4. The number of methoxy groups -OCH3 is 1. The molecule has 0 spiro atoms. The van der Waals surface area contributed by atoms with Crippen LogP contribution in [0.5, 0.6) is 0 Å². The average Bonchev–Trinajstić information content (AvgIpc) is 2.47. The number of amides is 1. The quantitative estimate of drug-likeness (QED) is 0.913. The maximum absolute atomic E-state index is 12.4. The Bertz CT molecular complexity index is 483. The van der Waals surface area contributed by atoms with Crippen molar-refractivity contribution >= 4 is 11.9 Å². The average molecular weight is 277 g/mol. The molecule has 0 aromatic heterocycles. The molecular weight excluding hydrogens is 258 g/mol. The van der Waals surface area contributed by atoms with Crippen LogP contribution < -0.4 is 0 Å². The zero-order chi connectivity index (χ0) is 14.5. The van der Waals surface area contributed by atoms with Gasteiger partial charge in [0.05, 0.1) is 6.61 Å². The summed E-state index contributed by atoms with van der Waals surface area (Å²) in [7, 11) is 1.62. The first-order valence-electron chi connectivity index (χ1n) is 6.75. The molecule has 108 valence electrons. The van der Waals surface area contributed by atoms with E-state index in [9.17, 15) is 14.7 Å². The van der Waals surface area contributed by atoms with Crippen LogP contribution in [0.3, 0.4) is 0 Å². The summed E-state index contributed by atoms with van der Waals surface area (Å²) < 4.78 is 5.02. The monoisotopic (exact) mass is 277 g/mol. The third-order valence-corrected chi connectivity index (χ3v) is 3.56. The minimum absolute atomic E-state index is 0.207. The fraction of sp³-hybridized carbons (Fsp3) is 0.467. The van der Waals surface area contributed by atoms with E-state index in [1.54, 1.807) is 19.2 Å². The normalized spacial score (nSPS) is 18.9. The first kappa shape index (κ1) is 14.5. The molecule has 1 saturated heterocycles. The lowest BCUT2D eigenvalue weighted by molar-refractivity contribution is -0.143. The molecule has 1 aliphatic rings. The highest BCUT2D eigenvalue weighted by atomic mass is 16.5. The second kappa shape index (κ2) is 6.52. The van der Waals surface area contributed by atoms with Gasteiger partial charge in [-0.15, -0.1) is 0 Å². The van der Waals surface area contributed by atoms with Crippen molar-refractivity contribution in [3.63, 3.8) is 0 Å². The predicted molar refractivity (Wildman–Crippen MR) is 73.5 cm³/mol. The number of benzene rings is 1. The van der Waals surface area contributed by atoms with Gasteiger partial charge < -0.3 is 14.7 Å². The summed E-state index contributed by atoms with van der Waals surface area (Å²) in [4.78, 5) is 25.1. The Morgan fingerprint density at radius 1 is 1.30 bits per heavy atom. The zero-order valence-electron chi connectivity index (χ0n) is 11.5. The smallest absolute Gasteiger partial charge is 0.326 e. The van der Waals surface area contributed by atoms with Crippen molar-refractivity contribution in [3.8, 4) is 0 Å². The van der Waals surface area contributed by atoms with Gasteiger partial charge in [0.15, 0.2) is 0 Å². The molecule has 0 radical (unpaired) electrons. The molecule has 1 amide bonds. The van der Waals surface area contributed by atoms with E-state index in [0.29, 0.717) is 25.1 Å². The van der Waals surface area contributed by atoms with Gasteiger partial charge in [-0.3, -0.25) is 4.79 Å². The number of ether oxygens (including phenoxy) is 1. The molecule has 5 heteroatoms. The van der Waals surface area contributed by atoms with E-state index in [1.807, 2.05) is 12.1 Å². The zero-order valence-corrected chi connectivity index (χ0v) is 11.5. The number of piperidine rings is 1. The van der Waals surface area contributed by atoms with Gasteiger partial charge in [0.1, 0.15) is 6.04 Å². The Kier molecular flexibility index (Phi) is 4.74. The first-order valence-corrected chi connectivity index (χ1v) is 6.75. The van der Waals surface area contributed by atoms with Crippen LogP contribution in [0.4, 0.5) is 0 Å². The van der Waals surface area contributed by atoms with Crippen LogP contribution in [0.2, 0.25) is 0 Å². The Balaban J connectivity index is 2.14. The van der Waals surface area contributed by atoms with Gasteiger partial charge >= 0.3 is 5.97 Å². The van der Waals surface area contributed by atoms with Gasteiger partial charge in [-0.1, -0.05) is 12.1 Å². The number of nitrogens with zero attached hydrogens (tertiary/aromatic N) is 1. The van der Waals surface area contributed by atoms with Crippen LogP contribution in [0.1, 0.15) is 35.2 Å². The fourth-order valence-electron chi connectivity index (χ4n) is 2.51. The minimum atomic E-state index is -0.922. The topological polar surface area (TPSA) is 66.8 Å². The van der Waals surface area contributed by atoms with Crippen molar-refractivity contribution in [2.24, 2.45) is 0 Å². The van der Waals surface area contributed by atoms with Gasteiger partial charge in [0.25, 0.3) is 5.91 Å².